The largest absolute Gasteiger partial charge is 0.381 e. The maximum absolute atomic E-state index is 9.18. The molecule has 0 aliphatic carbocycles. The molecule has 0 rings (SSSR count). The van der Waals surface area contributed by atoms with Crippen molar-refractivity contribution in [1.29, 1.82) is 0 Å². The van der Waals surface area contributed by atoms with Gasteiger partial charge in [-0.2, -0.15) is 0 Å². The lowest BCUT2D eigenvalue weighted by Crippen LogP contribution is -2.12. The van der Waals surface area contributed by atoms with Gasteiger partial charge in [0.05, 0.1) is 6.61 Å². The third-order valence-electron chi connectivity index (χ3n) is 4.42. The van der Waals surface area contributed by atoms with Crippen LogP contribution in [0.25, 0.3) is 0 Å². The van der Waals surface area contributed by atoms with Crippen LogP contribution in [-0.4, -0.2) is 31.7 Å². The Bertz CT molecular complexity index is 209. The minimum atomic E-state index is -0.675. The Morgan fingerprint density at radius 3 is 1.52 bits per heavy atom. The number of hydrogen-bond donors (Lipinski definition) is 1. The van der Waals surface area contributed by atoms with E-state index in [0.717, 1.165) is 13.0 Å². The second-order valence-corrected chi connectivity index (χ2v) is 6.69. The standard InChI is InChI=1S/C20H42O3/c1-3-4-5-6-7-8-9-10-11-12-13-14-15-16-18-23-19-17-20(21)22-2/h20-21H,3-19H2,1-2H3. The molecule has 0 heterocycles. The van der Waals surface area contributed by atoms with Crippen LogP contribution in [0.1, 0.15) is 103 Å². The predicted molar refractivity (Wildman–Crippen MR) is 98.8 cm³/mol. The van der Waals surface area contributed by atoms with E-state index in [1.807, 2.05) is 0 Å². The molecule has 1 atom stereocenters. The van der Waals surface area contributed by atoms with Crippen molar-refractivity contribution in [3.8, 4) is 0 Å². The highest BCUT2D eigenvalue weighted by molar-refractivity contribution is 4.49. The van der Waals surface area contributed by atoms with E-state index in [9.17, 15) is 5.11 Å². The van der Waals surface area contributed by atoms with Gasteiger partial charge in [-0.05, 0) is 6.42 Å². The van der Waals surface area contributed by atoms with Gasteiger partial charge in [0.2, 0.25) is 0 Å². The zero-order valence-electron chi connectivity index (χ0n) is 15.9. The molecule has 0 aromatic carbocycles. The molecule has 1 unspecified atom stereocenters. The Morgan fingerprint density at radius 2 is 1.09 bits per heavy atom. The summed E-state index contributed by atoms with van der Waals surface area (Å²) < 4.78 is 10.2. The van der Waals surface area contributed by atoms with Crippen LogP contribution < -0.4 is 0 Å². The van der Waals surface area contributed by atoms with E-state index in [-0.39, 0.29) is 0 Å². The lowest BCUT2D eigenvalue weighted by Gasteiger charge is -2.08. The van der Waals surface area contributed by atoms with Gasteiger partial charge in [-0.25, -0.2) is 0 Å². The molecule has 3 heteroatoms. The first-order valence-corrected chi connectivity index (χ1v) is 10.1. The summed E-state index contributed by atoms with van der Waals surface area (Å²) in [7, 11) is 1.51. The summed E-state index contributed by atoms with van der Waals surface area (Å²) in [6.45, 7) is 3.68. The normalized spacial score (nSPS) is 12.7. The minimum absolute atomic E-state index is 0.565. The fourth-order valence-corrected chi connectivity index (χ4v) is 2.80. The number of unbranched alkanes of at least 4 members (excludes halogenated alkanes) is 13. The summed E-state index contributed by atoms with van der Waals surface area (Å²) in [5.74, 6) is 0. The zero-order valence-corrected chi connectivity index (χ0v) is 15.9. The molecule has 0 bridgehead atoms. The highest BCUT2D eigenvalue weighted by Gasteiger charge is 2.00. The first kappa shape index (κ1) is 22.9. The highest BCUT2D eigenvalue weighted by atomic mass is 16.6. The van der Waals surface area contributed by atoms with Crippen LogP contribution in [0.3, 0.4) is 0 Å². The Hall–Kier alpha value is -0.120. The van der Waals surface area contributed by atoms with Gasteiger partial charge in [-0.1, -0.05) is 90.4 Å². The Morgan fingerprint density at radius 1 is 0.652 bits per heavy atom. The summed E-state index contributed by atoms with van der Waals surface area (Å²) in [6.07, 6.45) is 19.2. The quantitative estimate of drug-likeness (QED) is 0.239. The molecule has 1 N–H and O–H groups in total. The van der Waals surface area contributed by atoms with E-state index in [4.69, 9.17) is 9.47 Å². The Labute approximate surface area is 145 Å². The summed E-state index contributed by atoms with van der Waals surface area (Å²) >= 11 is 0. The van der Waals surface area contributed by atoms with Crippen molar-refractivity contribution < 1.29 is 14.6 Å². The maximum Gasteiger partial charge on any atom is 0.156 e. The monoisotopic (exact) mass is 330 g/mol. The summed E-state index contributed by atoms with van der Waals surface area (Å²) in [6, 6.07) is 0. The van der Waals surface area contributed by atoms with E-state index in [0.29, 0.717) is 13.0 Å². The van der Waals surface area contributed by atoms with Gasteiger partial charge in [-0.3, -0.25) is 0 Å². The second kappa shape index (κ2) is 19.9. The molecule has 0 aliphatic heterocycles. The van der Waals surface area contributed by atoms with Crippen LogP contribution in [0.15, 0.2) is 0 Å². The number of methoxy groups -OCH3 is 1. The number of ether oxygens (including phenoxy) is 2. The van der Waals surface area contributed by atoms with E-state index >= 15 is 0 Å². The minimum Gasteiger partial charge on any atom is -0.381 e. The molecule has 0 amide bonds. The van der Waals surface area contributed by atoms with Crippen LogP contribution in [0.5, 0.6) is 0 Å². The fourth-order valence-electron chi connectivity index (χ4n) is 2.80. The van der Waals surface area contributed by atoms with E-state index in [1.54, 1.807) is 0 Å². The molecule has 0 radical (unpaired) electrons. The van der Waals surface area contributed by atoms with Crippen LogP contribution in [-0.2, 0) is 9.47 Å². The third kappa shape index (κ3) is 19.8. The van der Waals surface area contributed by atoms with Crippen LogP contribution in [0.4, 0.5) is 0 Å². The van der Waals surface area contributed by atoms with Gasteiger partial charge in [0.25, 0.3) is 0 Å². The van der Waals surface area contributed by atoms with Gasteiger partial charge < -0.3 is 14.6 Å². The van der Waals surface area contributed by atoms with Crippen molar-refractivity contribution in [3.63, 3.8) is 0 Å². The van der Waals surface area contributed by atoms with Crippen molar-refractivity contribution in [2.75, 3.05) is 20.3 Å². The Balaban J connectivity index is 2.97. The SMILES string of the molecule is CCCCCCCCCCCCCCCCOCCC(O)OC. The van der Waals surface area contributed by atoms with Gasteiger partial charge in [0.15, 0.2) is 6.29 Å². The average molecular weight is 331 g/mol. The molecule has 0 aliphatic rings. The van der Waals surface area contributed by atoms with Crippen LogP contribution in [0, 0.1) is 0 Å². The van der Waals surface area contributed by atoms with Crippen molar-refractivity contribution in [3.05, 3.63) is 0 Å². The van der Waals surface area contributed by atoms with Crippen LogP contribution >= 0.6 is 0 Å². The molecule has 140 valence electrons. The topological polar surface area (TPSA) is 38.7 Å². The lowest BCUT2D eigenvalue weighted by molar-refractivity contribution is -0.0901. The van der Waals surface area contributed by atoms with Crippen molar-refractivity contribution >= 4 is 0 Å². The predicted octanol–water partition coefficient (Wildman–Crippen LogP) is 5.84. The van der Waals surface area contributed by atoms with Crippen LogP contribution in [0.2, 0.25) is 0 Å². The zero-order chi connectivity index (χ0) is 17.0. The molecular formula is C20H42O3. The van der Waals surface area contributed by atoms with Crippen molar-refractivity contribution in [2.45, 2.75) is 110 Å². The second-order valence-electron chi connectivity index (χ2n) is 6.69. The molecule has 0 aromatic rings. The third-order valence-corrected chi connectivity index (χ3v) is 4.42. The van der Waals surface area contributed by atoms with E-state index < -0.39 is 6.29 Å². The first-order chi connectivity index (χ1) is 11.3. The number of aliphatic hydroxyl groups is 1. The maximum atomic E-state index is 9.18. The molecule has 23 heavy (non-hydrogen) atoms. The highest BCUT2D eigenvalue weighted by Crippen LogP contribution is 2.12. The average Bonchev–Trinajstić information content (AvgIpc) is 2.57. The first-order valence-electron chi connectivity index (χ1n) is 10.1. The fraction of sp³-hybridized carbons (Fsp3) is 1.00. The smallest absolute Gasteiger partial charge is 0.156 e. The van der Waals surface area contributed by atoms with E-state index in [2.05, 4.69) is 6.92 Å². The number of rotatable bonds is 19. The molecular weight excluding hydrogens is 288 g/mol. The summed E-state index contributed by atoms with van der Waals surface area (Å²) in [4.78, 5) is 0. The van der Waals surface area contributed by atoms with Gasteiger partial charge in [0, 0.05) is 20.1 Å². The molecule has 0 fully saturated rings. The van der Waals surface area contributed by atoms with Gasteiger partial charge in [0.1, 0.15) is 0 Å². The number of hydrogen-bond acceptors (Lipinski definition) is 3. The van der Waals surface area contributed by atoms with Crippen molar-refractivity contribution in [2.24, 2.45) is 0 Å². The summed E-state index contributed by atoms with van der Waals surface area (Å²) in [5, 5.41) is 9.18. The molecule has 0 saturated heterocycles. The molecule has 0 aromatic heterocycles. The van der Waals surface area contributed by atoms with E-state index in [1.165, 1.54) is 90.6 Å². The van der Waals surface area contributed by atoms with Gasteiger partial charge in [-0.15, -0.1) is 0 Å². The number of aliphatic hydroxyl groups excluding tert-OH is 1. The van der Waals surface area contributed by atoms with Crippen molar-refractivity contribution in [1.82, 2.24) is 0 Å². The Kier molecular flexibility index (Phi) is 19.8. The molecule has 3 nitrogen and oxygen atoms in total. The molecule has 0 saturated carbocycles. The summed E-state index contributed by atoms with van der Waals surface area (Å²) in [5.41, 5.74) is 0. The van der Waals surface area contributed by atoms with Gasteiger partial charge >= 0.3 is 0 Å². The lowest BCUT2D eigenvalue weighted by atomic mass is 10.0. The molecule has 0 spiro atoms.